The summed E-state index contributed by atoms with van der Waals surface area (Å²) in [7, 11) is 0. The van der Waals surface area contributed by atoms with Crippen molar-refractivity contribution in [3.8, 4) is 0 Å². The first-order valence-electron chi connectivity index (χ1n) is 8.93. The van der Waals surface area contributed by atoms with Crippen molar-refractivity contribution < 1.29 is 4.52 Å². The van der Waals surface area contributed by atoms with E-state index in [1.54, 1.807) is 0 Å². The Morgan fingerprint density at radius 3 is 2.61 bits per heavy atom. The van der Waals surface area contributed by atoms with Gasteiger partial charge in [0, 0.05) is 26.1 Å². The predicted octanol–water partition coefficient (Wildman–Crippen LogP) is 3.08. The third-order valence-corrected chi connectivity index (χ3v) is 3.50. The highest BCUT2D eigenvalue weighted by Gasteiger charge is 2.03. The maximum absolute atomic E-state index is 5.10. The molecule has 0 bridgehead atoms. The molecule has 0 saturated carbocycles. The van der Waals surface area contributed by atoms with Crippen molar-refractivity contribution in [3.63, 3.8) is 0 Å². The molecule has 6 nitrogen and oxygen atoms in total. The second-order valence-electron chi connectivity index (χ2n) is 6.27. The average Bonchev–Trinajstić information content (AvgIpc) is 2.91. The van der Waals surface area contributed by atoms with Gasteiger partial charge in [0.1, 0.15) is 0 Å². The Kier molecular flexibility index (Phi) is 10.1. The van der Waals surface area contributed by atoms with Crippen molar-refractivity contribution >= 4 is 5.96 Å². The van der Waals surface area contributed by atoms with Crippen LogP contribution in [0.4, 0.5) is 0 Å². The Labute approximate surface area is 140 Å². The van der Waals surface area contributed by atoms with Crippen LogP contribution < -0.4 is 10.6 Å². The lowest BCUT2D eigenvalue weighted by molar-refractivity contribution is 0.374. The molecule has 1 aromatic heterocycles. The molecule has 0 aliphatic rings. The number of aromatic nitrogens is 2. The van der Waals surface area contributed by atoms with E-state index in [0.717, 1.165) is 37.9 Å². The Balaban J connectivity index is 2.16. The van der Waals surface area contributed by atoms with E-state index in [1.165, 1.54) is 25.7 Å². The predicted molar refractivity (Wildman–Crippen MR) is 94.6 cm³/mol. The Hall–Kier alpha value is -1.59. The standard InChI is InChI=1S/C17H33N5O/c1-5-18-17(19-12-9-7-6-8-10-14(2)3)20-13-11-16-21-15(4)22-23-16/h14H,5-13H2,1-4H3,(H2,18,19,20). The number of aryl methyl sites for hydroxylation is 1. The lowest BCUT2D eigenvalue weighted by Crippen LogP contribution is -2.38. The van der Waals surface area contributed by atoms with Gasteiger partial charge in [-0.05, 0) is 26.2 Å². The second-order valence-corrected chi connectivity index (χ2v) is 6.27. The highest BCUT2D eigenvalue weighted by atomic mass is 16.5. The van der Waals surface area contributed by atoms with E-state index in [4.69, 9.17) is 4.52 Å². The average molecular weight is 323 g/mol. The largest absolute Gasteiger partial charge is 0.357 e. The third kappa shape index (κ3) is 9.92. The first-order valence-corrected chi connectivity index (χ1v) is 8.93. The zero-order valence-electron chi connectivity index (χ0n) is 15.2. The fourth-order valence-corrected chi connectivity index (χ4v) is 2.28. The van der Waals surface area contributed by atoms with Gasteiger partial charge in [0.05, 0.1) is 0 Å². The number of aliphatic imine (C=N–C) groups is 1. The topological polar surface area (TPSA) is 75.3 Å². The second kappa shape index (κ2) is 11.9. The van der Waals surface area contributed by atoms with Gasteiger partial charge >= 0.3 is 0 Å². The summed E-state index contributed by atoms with van der Waals surface area (Å²) in [5.41, 5.74) is 0. The van der Waals surface area contributed by atoms with Crippen LogP contribution >= 0.6 is 0 Å². The summed E-state index contributed by atoms with van der Waals surface area (Å²) in [4.78, 5) is 8.80. The minimum absolute atomic E-state index is 0.663. The van der Waals surface area contributed by atoms with Gasteiger partial charge in [-0.15, -0.1) is 0 Å². The lowest BCUT2D eigenvalue weighted by atomic mass is 10.0. The van der Waals surface area contributed by atoms with Gasteiger partial charge in [0.2, 0.25) is 5.89 Å². The van der Waals surface area contributed by atoms with E-state index in [-0.39, 0.29) is 0 Å². The van der Waals surface area contributed by atoms with Crippen LogP contribution in [0.15, 0.2) is 9.52 Å². The summed E-state index contributed by atoms with van der Waals surface area (Å²) in [6, 6.07) is 0. The van der Waals surface area contributed by atoms with Crippen LogP contribution in [-0.2, 0) is 6.42 Å². The van der Waals surface area contributed by atoms with Gasteiger partial charge in [-0.3, -0.25) is 4.99 Å². The molecule has 2 N–H and O–H groups in total. The van der Waals surface area contributed by atoms with Gasteiger partial charge in [-0.1, -0.05) is 44.7 Å². The zero-order valence-corrected chi connectivity index (χ0v) is 15.2. The molecule has 0 aromatic carbocycles. The number of guanidine groups is 1. The molecule has 0 spiro atoms. The van der Waals surface area contributed by atoms with E-state index in [9.17, 15) is 0 Å². The van der Waals surface area contributed by atoms with Crippen molar-refractivity contribution in [2.75, 3.05) is 19.6 Å². The van der Waals surface area contributed by atoms with Crippen molar-refractivity contribution in [2.45, 2.75) is 66.2 Å². The molecular formula is C17H33N5O. The Morgan fingerprint density at radius 1 is 1.17 bits per heavy atom. The molecule has 0 radical (unpaired) electrons. The van der Waals surface area contributed by atoms with Gasteiger partial charge in [-0.25, -0.2) is 0 Å². The van der Waals surface area contributed by atoms with Crippen LogP contribution in [0, 0.1) is 12.8 Å². The van der Waals surface area contributed by atoms with Crippen molar-refractivity contribution in [1.29, 1.82) is 0 Å². The lowest BCUT2D eigenvalue weighted by Gasteiger charge is -2.10. The third-order valence-electron chi connectivity index (χ3n) is 3.50. The van der Waals surface area contributed by atoms with Crippen LogP contribution in [0.5, 0.6) is 0 Å². The van der Waals surface area contributed by atoms with Crippen LogP contribution in [0.3, 0.4) is 0 Å². The molecule has 0 atom stereocenters. The highest BCUT2D eigenvalue weighted by molar-refractivity contribution is 5.79. The molecule has 0 aliphatic carbocycles. The van der Waals surface area contributed by atoms with Gasteiger partial charge in [0.25, 0.3) is 0 Å². The summed E-state index contributed by atoms with van der Waals surface area (Å²) >= 11 is 0. The van der Waals surface area contributed by atoms with Crippen LogP contribution in [0.2, 0.25) is 0 Å². The molecule has 1 rings (SSSR count). The fraction of sp³-hybridized carbons (Fsp3) is 0.824. The van der Waals surface area contributed by atoms with E-state index in [0.29, 0.717) is 18.1 Å². The molecule has 0 unspecified atom stereocenters. The molecule has 1 heterocycles. The van der Waals surface area contributed by atoms with Gasteiger partial charge < -0.3 is 15.2 Å². The number of rotatable bonds is 11. The first-order chi connectivity index (χ1) is 11.1. The summed E-state index contributed by atoms with van der Waals surface area (Å²) in [5, 5.41) is 10.4. The summed E-state index contributed by atoms with van der Waals surface area (Å²) < 4.78 is 5.10. The maximum atomic E-state index is 5.10. The van der Waals surface area contributed by atoms with Crippen LogP contribution in [0.25, 0.3) is 0 Å². The Bertz CT molecular complexity index is 442. The van der Waals surface area contributed by atoms with Gasteiger partial charge in [0.15, 0.2) is 11.8 Å². The molecular weight excluding hydrogens is 290 g/mol. The molecule has 0 saturated heterocycles. The van der Waals surface area contributed by atoms with Gasteiger partial charge in [-0.2, -0.15) is 4.98 Å². The van der Waals surface area contributed by atoms with Crippen molar-refractivity contribution in [2.24, 2.45) is 10.9 Å². The summed E-state index contributed by atoms with van der Waals surface area (Å²) in [6.45, 7) is 10.9. The van der Waals surface area contributed by atoms with Crippen molar-refractivity contribution in [1.82, 2.24) is 20.8 Å². The van der Waals surface area contributed by atoms with Crippen LogP contribution in [0.1, 0.15) is 64.6 Å². The normalized spacial score (nSPS) is 12.0. The van der Waals surface area contributed by atoms with E-state index in [2.05, 4.69) is 46.5 Å². The molecule has 132 valence electrons. The van der Waals surface area contributed by atoms with E-state index in [1.807, 2.05) is 6.92 Å². The smallest absolute Gasteiger partial charge is 0.228 e. The van der Waals surface area contributed by atoms with E-state index < -0.39 is 0 Å². The minimum Gasteiger partial charge on any atom is -0.357 e. The minimum atomic E-state index is 0.663. The quantitative estimate of drug-likeness (QED) is 0.372. The number of hydrogen-bond donors (Lipinski definition) is 2. The Morgan fingerprint density at radius 2 is 1.96 bits per heavy atom. The number of nitrogens with one attached hydrogen (secondary N) is 2. The maximum Gasteiger partial charge on any atom is 0.228 e. The summed E-state index contributed by atoms with van der Waals surface area (Å²) in [5.74, 6) is 3.03. The molecule has 23 heavy (non-hydrogen) atoms. The molecule has 1 aromatic rings. The molecule has 0 aliphatic heterocycles. The fourth-order valence-electron chi connectivity index (χ4n) is 2.28. The number of unbranched alkanes of at least 4 members (excludes halogenated alkanes) is 3. The zero-order chi connectivity index (χ0) is 16.9. The number of nitrogens with zero attached hydrogens (tertiary/aromatic N) is 3. The monoisotopic (exact) mass is 323 g/mol. The molecule has 0 amide bonds. The summed E-state index contributed by atoms with van der Waals surface area (Å²) in [6.07, 6.45) is 7.11. The molecule has 0 fully saturated rings. The van der Waals surface area contributed by atoms with E-state index >= 15 is 0 Å². The van der Waals surface area contributed by atoms with Crippen LogP contribution in [-0.4, -0.2) is 35.7 Å². The SMILES string of the molecule is CCNC(=NCCCCCCC(C)C)NCCc1nc(C)no1. The first kappa shape index (κ1) is 19.5. The number of hydrogen-bond acceptors (Lipinski definition) is 4. The molecule has 6 heteroatoms. The van der Waals surface area contributed by atoms with Crippen molar-refractivity contribution in [3.05, 3.63) is 11.7 Å². The highest BCUT2D eigenvalue weighted by Crippen LogP contribution is 2.09.